The van der Waals surface area contributed by atoms with Crippen molar-refractivity contribution in [3.63, 3.8) is 0 Å². The first kappa shape index (κ1) is 9.86. The van der Waals surface area contributed by atoms with E-state index >= 15 is 0 Å². The van der Waals surface area contributed by atoms with Crippen molar-refractivity contribution in [2.75, 3.05) is 13.6 Å². The van der Waals surface area contributed by atoms with Crippen molar-refractivity contribution in [2.24, 2.45) is 0 Å². The van der Waals surface area contributed by atoms with Gasteiger partial charge in [-0.15, -0.1) is 0 Å². The van der Waals surface area contributed by atoms with Gasteiger partial charge in [0.1, 0.15) is 0 Å². The zero-order valence-corrected chi connectivity index (χ0v) is 8.60. The van der Waals surface area contributed by atoms with Crippen LogP contribution in [-0.4, -0.2) is 23.4 Å². The molecule has 15 heavy (non-hydrogen) atoms. The third kappa shape index (κ3) is 1.89. The Morgan fingerprint density at radius 2 is 2.20 bits per heavy atom. The number of nitrogens with zero attached hydrogens (tertiary/aromatic N) is 2. The van der Waals surface area contributed by atoms with Crippen molar-refractivity contribution in [3.8, 4) is 0 Å². The van der Waals surface area contributed by atoms with E-state index in [2.05, 4.69) is 10.4 Å². The molecule has 1 N–H and O–H groups in total. The molecule has 0 atom stereocenters. The van der Waals surface area contributed by atoms with Crippen molar-refractivity contribution in [1.29, 1.82) is 0 Å². The molecule has 0 unspecified atom stereocenters. The van der Waals surface area contributed by atoms with E-state index in [0.29, 0.717) is 6.54 Å². The van der Waals surface area contributed by atoms with Crippen LogP contribution in [0.5, 0.6) is 0 Å². The number of aromatic nitrogens is 2. The molecule has 1 aromatic carbocycles. The summed E-state index contributed by atoms with van der Waals surface area (Å²) in [5, 5.41) is 8.72. The molecule has 0 bridgehead atoms. The molecule has 0 saturated heterocycles. The van der Waals surface area contributed by atoms with Gasteiger partial charge in [-0.2, -0.15) is 5.10 Å². The fourth-order valence-corrected chi connectivity index (χ4v) is 1.50. The van der Waals surface area contributed by atoms with Gasteiger partial charge in [-0.25, -0.2) is 4.68 Å². The highest BCUT2D eigenvalue weighted by atomic mass is 16.1. The number of hydrogen-bond donors (Lipinski definition) is 1. The topological polar surface area (TPSA) is 46.9 Å². The predicted octanol–water partition coefficient (Wildman–Crippen LogP) is 0.616. The van der Waals surface area contributed by atoms with E-state index in [1.54, 1.807) is 6.20 Å². The van der Waals surface area contributed by atoms with E-state index in [9.17, 15) is 4.79 Å². The Morgan fingerprint density at radius 3 is 3.00 bits per heavy atom. The van der Waals surface area contributed by atoms with Gasteiger partial charge in [-0.05, 0) is 13.1 Å². The maximum absolute atomic E-state index is 11.9. The minimum atomic E-state index is -0.0247. The maximum Gasteiger partial charge on any atom is 0.274 e. The second kappa shape index (κ2) is 4.23. The molecule has 4 heteroatoms. The molecule has 0 aliphatic rings. The summed E-state index contributed by atoms with van der Waals surface area (Å²) in [6.45, 7) is 1.34. The third-order valence-corrected chi connectivity index (χ3v) is 2.34. The first-order chi connectivity index (χ1) is 7.33. The second-order valence-electron chi connectivity index (χ2n) is 3.36. The molecular weight excluding hydrogens is 190 g/mol. The van der Waals surface area contributed by atoms with Crippen molar-refractivity contribution in [1.82, 2.24) is 15.1 Å². The van der Waals surface area contributed by atoms with E-state index in [-0.39, 0.29) is 5.56 Å². The number of rotatable bonds is 3. The van der Waals surface area contributed by atoms with Crippen molar-refractivity contribution >= 4 is 10.8 Å². The summed E-state index contributed by atoms with van der Waals surface area (Å²) in [5.41, 5.74) is -0.0247. The molecule has 2 aromatic rings. The highest BCUT2D eigenvalue weighted by molar-refractivity contribution is 5.80. The summed E-state index contributed by atoms with van der Waals surface area (Å²) < 4.78 is 1.48. The van der Waals surface area contributed by atoms with Gasteiger partial charge in [-0.3, -0.25) is 4.79 Å². The number of likely N-dealkylation sites (N-methyl/N-ethyl adjacent to an activating group) is 1. The van der Waals surface area contributed by atoms with Crippen LogP contribution in [0.4, 0.5) is 0 Å². The van der Waals surface area contributed by atoms with Crippen LogP contribution in [0.1, 0.15) is 0 Å². The molecule has 0 spiro atoms. The van der Waals surface area contributed by atoms with Gasteiger partial charge in [-0.1, -0.05) is 18.2 Å². The molecule has 0 aliphatic carbocycles. The highest BCUT2D eigenvalue weighted by Gasteiger charge is 2.01. The van der Waals surface area contributed by atoms with E-state index in [4.69, 9.17) is 0 Å². The molecule has 0 aliphatic heterocycles. The number of nitrogens with one attached hydrogen (secondary N) is 1. The lowest BCUT2D eigenvalue weighted by molar-refractivity contribution is 0.560. The van der Waals surface area contributed by atoms with Gasteiger partial charge in [0.05, 0.1) is 18.1 Å². The van der Waals surface area contributed by atoms with E-state index in [1.165, 1.54) is 4.68 Å². The fraction of sp³-hybridized carbons (Fsp3) is 0.273. The molecule has 1 heterocycles. The van der Waals surface area contributed by atoms with Gasteiger partial charge < -0.3 is 5.32 Å². The number of hydrogen-bond acceptors (Lipinski definition) is 3. The third-order valence-electron chi connectivity index (χ3n) is 2.34. The smallest absolute Gasteiger partial charge is 0.274 e. The molecule has 4 nitrogen and oxygen atoms in total. The molecule has 1 aromatic heterocycles. The predicted molar refractivity (Wildman–Crippen MR) is 59.9 cm³/mol. The fourth-order valence-electron chi connectivity index (χ4n) is 1.50. The van der Waals surface area contributed by atoms with Crippen LogP contribution in [0.25, 0.3) is 10.8 Å². The number of fused-ring (bicyclic) bond motifs is 1. The summed E-state index contributed by atoms with van der Waals surface area (Å²) in [6, 6.07) is 7.49. The van der Waals surface area contributed by atoms with Crippen LogP contribution in [0.2, 0.25) is 0 Å². The monoisotopic (exact) mass is 203 g/mol. The van der Waals surface area contributed by atoms with E-state index in [1.807, 2.05) is 31.3 Å². The maximum atomic E-state index is 11.9. The Morgan fingerprint density at radius 1 is 1.40 bits per heavy atom. The van der Waals surface area contributed by atoms with Crippen LogP contribution < -0.4 is 10.9 Å². The quantitative estimate of drug-likeness (QED) is 0.795. The zero-order chi connectivity index (χ0) is 10.7. The standard InChI is InChI=1S/C11H13N3O/c1-12-6-7-14-11(15)10-5-3-2-4-9(10)8-13-14/h2-5,8,12H,6-7H2,1H3. The summed E-state index contributed by atoms with van der Waals surface area (Å²) in [5.74, 6) is 0. The Labute approximate surface area is 87.5 Å². The van der Waals surface area contributed by atoms with Crippen LogP contribution in [0, 0.1) is 0 Å². The van der Waals surface area contributed by atoms with Crippen molar-refractivity contribution in [2.45, 2.75) is 6.54 Å². The van der Waals surface area contributed by atoms with Crippen LogP contribution in [-0.2, 0) is 6.54 Å². The molecule has 0 radical (unpaired) electrons. The van der Waals surface area contributed by atoms with Crippen LogP contribution in [0.15, 0.2) is 35.3 Å². The molecular formula is C11H13N3O. The lowest BCUT2D eigenvalue weighted by atomic mass is 10.2. The molecule has 0 saturated carbocycles. The first-order valence-electron chi connectivity index (χ1n) is 4.92. The molecule has 2 rings (SSSR count). The van der Waals surface area contributed by atoms with Gasteiger partial charge in [0.2, 0.25) is 0 Å². The highest BCUT2D eigenvalue weighted by Crippen LogP contribution is 2.05. The average molecular weight is 203 g/mol. The zero-order valence-electron chi connectivity index (χ0n) is 8.60. The van der Waals surface area contributed by atoms with Crippen molar-refractivity contribution in [3.05, 3.63) is 40.8 Å². The lowest BCUT2D eigenvalue weighted by Gasteiger charge is -2.04. The Hall–Kier alpha value is -1.68. The Bertz CT molecular complexity index is 518. The summed E-state index contributed by atoms with van der Waals surface area (Å²) in [6.07, 6.45) is 1.73. The average Bonchev–Trinajstić information content (AvgIpc) is 2.29. The summed E-state index contributed by atoms with van der Waals surface area (Å²) in [7, 11) is 1.85. The van der Waals surface area contributed by atoms with E-state index in [0.717, 1.165) is 17.3 Å². The van der Waals surface area contributed by atoms with Gasteiger partial charge in [0, 0.05) is 11.9 Å². The Balaban J connectivity index is 2.51. The van der Waals surface area contributed by atoms with Gasteiger partial charge in [0.15, 0.2) is 0 Å². The number of benzene rings is 1. The van der Waals surface area contributed by atoms with Crippen molar-refractivity contribution < 1.29 is 0 Å². The minimum absolute atomic E-state index is 0.0247. The molecule has 0 amide bonds. The summed E-state index contributed by atoms with van der Waals surface area (Å²) >= 11 is 0. The van der Waals surface area contributed by atoms with Crippen LogP contribution >= 0.6 is 0 Å². The SMILES string of the molecule is CNCCn1ncc2ccccc2c1=O. The van der Waals surface area contributed by atoms with Gasteiger partial charge in [0.25, 0.3) is 5.56 Å². The minimum Gasteiger partial charge on any atom is -0.318 e. The summed E-state index contributed by atoms with van der Waals surface area (Å²) in [4.78, 5) is 11.9. The van der Waals surface area contributed by atoms with E-state index < -0.39 is 0 Å². The normalized spacial score (nSPS) is 10.7. The Kier molecular flexibility index (Phi) is 2.78. The largest absolute Gasteiger partial charge is 0.318 e. The second-order valence-corrected chi connectivity index (χ2v) is 3.36. The first-order valence-corrected chi connectivity index (χ1v) is 4.92. The molecule has 0 fully saturated rings. The molecule has 78 valence electrons. The lowest BCUT2D eigenvalue weighted by Crippen LogP contribution is -2.27. The van der Waals surface area contributed by atoms with Gasteiger partial charge >= 0.3 is 0 Å². The van der Waals surface area contributed by atoms with Crippen LogP contribution in [0.3, 0.4) is 0 Å².